The number of halogens is 4. The Morgan fingerprint density at radius 3 is 2.24 bits per heavy atom. The first-order valence-electron chi connectivity index (χ1n) is 4.49. The van der Waals surface area contributed by atoms with Crippen LogP contribution in [-0.2, 0) is 9.84 Å². The fourth-order valence-electron chi connectivity index (χ4n) is 1.14. The minimum absolute atomic E-state index is 0.256. The van der Waals surface area contributed by atoms with Crippen molar-refractivity contribution in [2.75, 3.05) is 11.9 Å². The first kappa shape index (κ1) is 13.8. The largest absolute Gasteiger partial charge is 0.378 e. The highest BCUT2D eigenvalue weighted by Crippen LogP contribution is 2.26. The summed E-state index contributed by atoms with van der Waals surface area (Å²) in [5.41, 5.74) is -0.256. The molecule has 0 aromatic heterocycles. The number of para-hydroxylation sites is 1. The topological polar surface area (TPSA) is 46.2 Å². The van der Waals surface area contributed by atoms with Crippen molar-refractivity contribution in [3.8, 4) is 0 Å². The van der Waals surface area contributed by atoms with Gasteiger partial charge in [0, 0.05) is 0 Å². The second kappa shape index (κ2) is 5.35. The lowest BCUT2D eigenvalue weighted by atomic mass is 10.3. The molecule has 0 aliphatic heterocycles. The number of sulfone groups is 1. The van der Waals surface area contributed by atoms with Gasteiger partial charge in [0.15, 0.2) is 0 Å². The van der Waals surface area contributed by atoms with E-state index in [4.69, 9.17) is 0 Å². The molecule has 1 aromatic carbocycles. The molecule has 0 saturated carbocycles. The van der Waals surface area contributed by atoms with Crippen LogP contribution in [0.3, 0.4) is 0 Å². The highest BCUT2D eigenvalue weighted by atomic mass is 32.2. The van der Waals surface area contributed by atoms with Gasteiger partial charge in [0.05, 0.1) is 17.1 Å². The average molecular weight is 271 g/mol. The number of anilines is 1. The van der Waals surface area contributed by atoms with E-state index in [1.165, 1.54) is 12.1 Å². The molecule has 8 heteroatoms. The minimum Gasteiger partial charge on any atom is -0.378 e. The molecule has 0 unspecified atom stereocenters. The lowest BCUT2D eigenvalue weighted by Crippen LogP contribution is -2.16. The van der Waals surface area contributed by atoms with E-state index in [9.17, 15) is 26.0 Å². The van der Waals surface area contributed by atoms with Gasteiger partial charge in [0.1, 0.15) is 0 Å². The Morgan fingerprint density at radius 2 is 1.71 bits per heavy atom. The molecule has 3 nitrogen and oxygen atoms in total. The molecule has 0 radical (unpaired) electrons. The molecule has 0 heterocycles. The van der Waals surface area contributed by atoms with Crippen molar-refractivity contribution in [2.45, 2.75) is 17.1 Å². The molecule has 96 valence electrons. The second-order valence-corrected chi connectivity index (χ2v) is 4.96. The van der Waals surface area contributed by atoms with Gasteiger partial charge in [0.2, 0.25) is 9.84 Å². The van der Waals surface area contributed by atoms with E-state index in [2.05, 4.69) is 5.32 Å². The van der Waals surface area contributed by atoms with E-state index < -0.39 is 33.5 Å². The maximum absolute atomic E-state index is 12.3. The van der Waals surface area contributed by atoms with Crippen LogP contribution in [0.4, 0.5) is 23.2 Å². The van der Waals surface area contributed by atoms with Gasteiger partial charge in [-0.25, -0.2) is 17.2 Å². The van der Waals surface area contributed by atoms with Gasteiger partial charge in [-0.05, 0) is 12.1 Å². The third-order valence-corrected chi connectivity index (χ3v) is 3.31. The van der Waals surface area contributed by atoms with Crippen LogP contribution < -0.4 is 5.32 Å². The Morgan fingerprint density at radius 1 is 1.12 bits per heavy atom. The SMILES string of the molecule is O=S(=O)(c1ccccc1NCC(F)F)C(F)F. The first-order chi connectivity index (χ1) is 7.85. The minimum atomic E-state index is -4.80. The monoisotopic (exact) mass is 271 g/mol. The Hall–Kier alpha value is -1.31. The number of rotatable bonds is 5. The van der Waals surface area contributed by atoms with Crippen LogP contribution in [0.5, 0.6) is 0 Å². The van der Waals surface area contributed by atoms with Crippen LogP contribution in [-0.4, -0.2) is 27.1 Å². The second-order valence-electron chi connectivity index (χ2n) is 3.07. The van der Waals surface area contributed by atoms with E-state index >= 15 is 0 Å². The van der Waals surface area contributed by atoms with E-state index in [-0.39, 0.29) is 5.69 Å². The summed E-state index contributed by atoms with van der Waals surface area (Å²) in [5.74, 6) is -3.59. The fourth-order valence-corrected chi connectivity index (χ4v) is 2.05. The summed E-state index contributed by atoms with van der Waals surface area (Å²) in [7, 11) is -4.80. The Kier molecular flexibility index (Phi) is 4.33. The van der Waals surface area contributed by atoms with Gasteiger partial charge in [-0.3, -0.25) is 0 Å². The molecular weight excluding hydrogens is 262 g/mol. The zero-order valence-electron chi connectivity index (χ0n) is 8.41. The van der Waals surface area contributed by atoms with E-state index in [0.717, 1.165) is 12.1 Å². The molecule has 0 spiro atoms. The van der Waals surface area contributed by atoms with E-state index in [0.29, 0.717) is 0 Å². The Bertz CT molecular complexity index is 476. The lowest BCUT2D eigenvalue weighted by Gasteiger charge is -2.11. The first-order valence-corrected chi connectivity index (χ1v) is 6.03. The summed E-state index contributed by atoms with van der Waals surface area (Å²) in [6.45, 7) is -0.810. The van der Waals surface area contributed by atoms with Crippen LogP contribution in [0.15, 0.2) is 29.2 Å². The van der Waals surface area contributed by atoms with Crippen LogP contribution in [0.1, 0.15) is 0 Å². The maximum Gasteiger partial charge on any atom is 0.341 e. The molecular formula is C9H9F4NO2S. The van der Waals surface area contributed by atoms with Crippen molar-refractivity contribution in [3.63, 3.8) is 0 Å². The van der Waals surface area contributed by atoms with Gasteiger partial charge in [-0.2, -0.15) is 8.78 Å². The summed E-state index contributed by atoms with van der Waals surface area (Å²) in [6, 6.07) is 4.69. The molecule has 0 saturated heterocycles. The standard InChI is InChI=1S/C9H9F4NO2S/c10-8(11)5-14-6-3-1-2-4-7(6)17(15,16)9(12)13/h1-4,8-9,14H,5H2. The average Bonchev–Trinajstić information content (AvgIpc) is 2.26. The zero-order chi connectivity index (χ0) is 13.1. The number of alkyl halides is 4. The molecule has 0 fully saturated rings. The van der Waals surface area contributed by atoms with E-state index in [1.54, 1.807) is 0 Å². The Labute approximate surface area is 95.4 Å². The Balaban J connectivity index is 3.08. The van der Waals surface area contributed by atoms with Gasteiger partial charge in [-0.1, -0.05) is 12.1 Å². The predicted octanol–water partition coefficient (Wildman–Crippen LogP) is 2.36. The molecule has 1 aromatic rings. The van der Waals surface area contributed by atoms with Crippen LogP contribution in [0.25, 0.3) is 0 Å². The molecule has 1 rings (SSSR count). The van der Waals surface area contributed by atoms with Crippen molar-refractivity contribution in [1.82, 2.24) is 0 Å². The molecule has 17 heavy (non-hydrogen) atoms. The third kappa shape index (κ3) is 3.32. The van der Waals surface area contributed by atoms with Crippen molar-refractivity contribution >= 4 is 15.5 Å². The van der Waals surface area contributed by atoms with Gasteiger partial charge >= 0.3 is 5.76 Å². The summed E-state index contributed by atoms with van der Waals surface area (Å²) in [4.78, 5) is -0.685. The van der Waals surface area contributed by atoms with Crippen LogP contribution in [0, 0.1) is 0 Å². The number of hydrogen-bond donors (Lipinski definition) is 1. The molecule has 0 amide bonds. The van der Waals surface area contributed by atoms with Crippen molar-refractivity contribution in [1.29, 1.82) is 0 Å². The number of nitrogens with one attached hydrogen (secondary N) is 1. The summed E-state index contributed by atoms with van der Waals surface area (Å²) in [5, 5.41) is 2.11. The van der Waals surface area contributed by atoms with Crippen molar-refractivity contribution in [3.05, 3.63) is 24.3 Å². The van der Waals surface area contributed by atoms with Gasteiger partial charge < -0.3 is 5.32 Å². The molecule has 0 atom stereocenters. The smallest absolute Gasteiger partial charge is 0.341 e. The van der Waals surface area contributed by atoms with E-state index in [1.807, 2.05) is 0 Å². The highest BCUT2D eigenvalue weighted by Gasteiger charge is 2.29. The third-order valence-electron chi connectivity index (χ3n) is 1.87. The number of benzene rings is 1. The van der Waals surface area contributed by atoms with Crippen molar-refractivity contribution < 1.29 is 26.0 Å². The molecule has 0 aliphatic rings. The molecule has 1 N–H and O–H groups in total. The lowest BCUT2D eigenvalue weighted by molar-refractivity contribution is 0.163. The fraction of sp³-hybridized carbons (Fsp3) is 0.333. The van der Waals surface area contributed by atoms with Crippen LogP contribution >= 0.6 is 0 Å². The normalized spacial score (nSPS) is 12.1. The van der Waals surface area contributed by atoms with Gasteiger partial charge in [-0.15, -0.1) is 0 Å². The highest BCUT2D eigenvalue weighted by molar-refractivity contribution is 7.91. The summed E-state index contributed by atoms with van der Waals surface area (Å²) < 4.78 is 71.0. The van der Waals surface area contributed by atoms with Gasteiger partial charge in [0.25, 0.3) is 6.43 Å². The maximum atomic E-state index is 12.3. The van der Waals surface area contributed by atoms with Crippen molar-refractivity contribution in [2.24, 2.45) is 0 Å². The zero-order valence-corrected chi connectivity index (χ0v) is 9.22. The van der Waals surface area contributed by atoms with Crippen LogP contribution in [0.2, 0.25) is 0 Å². The predicted molar refractivity (Wildman–Crippen MR) is 54.1 cm³/mol. The quantitative estimate of drug-likeness (QED) is 0.836. The molecule has 0 aliphatic carbocycles. The summed E-state index contributed by atoms with van der Waals surface area (Å²) >= 11 is 0. The number of hydrogen-bond acceptors (Lipinski definition) is 3. The summed E-state index contributed by atoms with van der Waals surface area (Å²) in [6.07, 6.45) is -2.71. The molecule has 0 bridgehead atoms.